The smallest absolute Gasteiger partial charge is 0.201 e. The summed E-state index contributed by atoms with van der Waals surface area (Å²) in [5.41, 5.74) is 4.97. The minimum absolute atomic E-state index is 0.0118. The van der Waals surface area contributed by atoms with E-state index in [0.717, 1.165) is 25.7 Å². The Bertz CT molecular complexity index is 1120. The van der Waals surface area contributed by atoms with Crippen LogP contribution in [-0.4, -0.2) is 6.61 Å². The van der Waals surface area contributed by atoms with Crippen LogP contribution in [0.2, 0.25) is 0 Å². The van der Waals surface area contributed by atoms with Crippen LogP contribution in [0.1, 0.15) is 74.5 Å². The van der Waals surface area contributed by atoms with Gasteiger partial charge in [0.25, 0.3) is 0 Å². The van der Waals surface area contributed by atoms with E-state index in [1.807, 2.05) is 19.1 Å². The predicted octanol–water partition coefficient (Wildman–Crippen LogP) is 9.58. The fraction of sp³-hybridized carbons (Fsp3) is 0.394. The fourth-order valence-corrected chi connectivity index (χ4v) is 5.07. The van der Waals surface area contributed by atoms with Crippen LogP contribution in [0.4, 0.5) is 8.78 Å². The Morgan fingerprint density at radius 2 is 1.58 bits per heavy atom. The van der Waals surface area contributed by atoms with Gasteiger partial charge in [0, 0.05) is 5.56 Å². The van der Waals surface area contributed by atoms with Gasteiger partial charge in [0.05, 0.1) is 6.61 Å². The molecule has 0 radical (unpaired) electrons. The second-order valence-electron chi connectivity index (χ2n) is 10.1. The van der Waals surface area contributed by atoms with E-state index in [0.29, 0.717) is 24.0 Å². The molecular weight excluding hydrogens is 450 g/mol. The van der Waals surface area contributed by atoms with Crippen molar-refractivity contribution in [2.24, 2.45) is 5.92 Å². The number of benzene rings is 3. The molecule has 36 heavy (non-hydrogen) atoms. The third-order valence-corrected chi connectivity index (χ3v) is 7.40. The first-order valence-electron chi connectivity index (χ1n) is 13.5. The summed E-state index contributed by atoms with van der Waals surface area (Å²) in [6.07, 6.45) is 13.5. The maximum atomic E-state index is 14.7. The molecule has 1 fully saturated rings. The molecule has 0 atom stereocenters. The quantitative estimate of drug-likeness (QED) is 0.204. The molecule has 3 aromatic rings. The van der Waals surface area contributed by atoms with Crippen LogP contribution in [0, 0.1) is 24.5 Å². The van der Waals surface area contributed by atoms with Crippen molar-refractivity contribution in [1.29, 1.82) is 0 Å². The summed E-state index contributed by atoms with van der Waals surface area (Å²) in [6, 6.07) is 20.0. The zero-order chi connectivity index (χ0) is 25.3. The minimum Gasteiger partial charge on any atom is -0.490 e. The average molecular weight is 489 g/mol. The van der Waals surface area contributed by atoms with E-state index in [9.17, 15) is 8.78 Å². The zero-order valence-electron chi connectivity index (χ0n) is 21.6. The molecule has 0 bridgehead atoms. The highest BCUT2D eigenvalue weighted by Gasteiger charge is 2.21. The maximum Gasteiger partial charge on any atom is 0.201 e. The fourth-order valence-electron chi connectivity index (χ4n) is 5.07. The number of hydrogen-bond acceptors (Lipinski definition) is 1. The lowest BCUT2D eigenvalue weighted by Gasteiger charge is -2.27. The first-order chi connectivity index (χ1) is 17.5. The molecule has 0 heterocycles. The lowest BCUT2D eigenvalue weighted by molar-refractivity contribution is 0.289. The van der Waals surface area contributed by atoms with Gasteiger partial charge in [-0.3, -0.25) is 0 Å². The highest BCUT2D eigenvalue weighted by atomic mass is 19.2. The minimum atomic E-state index is -0.905. The monoisotopic (exact) mass is 488 g/mol. The van der Waals surface area contributed by atoms with Gasteiger partial charge in [-0.1, -0.05) is 79.6 Å². The molecule has 0 unspecified atom stereocenters. The van der Waals surface area contributed by atoms with Crippen LogP contribution in [0.15, 0.2) is 72.8 Å². The summed E-state index contributed by atoms with van der Waals surface area (Å²) in [5, 5.41) is 0. The average Bonchev–Trinajstić information content (AvgIpc) is 2.91. The van der Waals surface area contributed by atoms with Gasteiger partial charge in [-0.05, 0) is 92.5 Å². The van der Waals surface area contributed by atoms with Gasteiger partial charge < -0.3 is 4.74 Å². The molecule has 1 aliphatic rings. The Hall–Kier alpha value is -2.94. The van der Waals surface area contributed by atoms with Gasteiger partial charge in [-0.15, -0.1) is 0 Å². The van der Waals surface area contributed by atoms with E-state index >= 15 is 0 Å². The third kappa shape index (κ3) is 6.84. The SMILES string of the molecule is CCCCOc1ccc(-c2ccc(C3CCC(/C=C/CCc4ccc(C)cc4)CC3)cc2)c(F)c1F. The Balaban J connectivity index is 1.28. The van der Waals surface area contributed by atoms with Crippen molar-refractivity contribution >= 4 is 0 Å². The van der Waals surface area contributed by atoms with Gasteiger partial charge in [-0.25, -0.2) is 4.39 Å². The first-order valence-corrected chi connectivity index (χ1v) is 13.5. The van der Waals surface area contributed by atoms with Crippen molar-refractivity contribution in [3.63, 3.8) is 0 Å². The molecule has 0 amide bonds. The Labute approximate surface area is 215 Å². The van der Waals surface area contributed by atoms with Gasteiger partial charge in [0.1, 0.15) is 0 Å². The van der Waals surface area contributed by atoms with E-state index in [-0.39, 0.29) is 11.3 Å². The lowest BCUT2D eigenvalue weighted by Crippen LogP contribution is -2.11. The van der Waals surface area contributed by atoms with Crippen molar-refractivity contribution in [2.75, 3.05) is 6.61 Å². The van der Waals surface area contributed by atoms with Crippen molar-refractivity contribution in [2.45, 2.75) is 71.1 Å². The number of ether oxygens (including phenoxy) is 1. The Morgan fingerprint density at radius 3 is 2.28 bits per heavy atom. The highest BCUT2D eigenvalue weighted by Crippen LogP contribution is 2.37. The first kappa shape index (κ1) is 26.1. The van der Waals surface area contributed by atoms with Crippen LogP contribution < -0.4 is 4.74 Å². The Kier molecular flexibility index (Phi) is 9.33. The number of hydrogen-bond donors (Lipinski definition) is 0. The highest BCUT2D eigenvalue weighted by molar-refractivity contribution is 5.65. The number of unbranched alkanes of at least 4 members (excludes halogenated alkanes) is 1. The summed E-state index contributed by atoms with van der Waals surface area (Å²) in [7, 11) is 0. The molecule has 3 aromatic carbocycles. The van der Waals surface area contributed by atoms with Gasteiger partial charge in [0.15, 0.2) is 11.6 Å². The van der Waals surface area contributed by atoms with Crippen molar-refractivity contribution in [3.8, 4) is 16.9 Å². The second-order valence-corrected chi connectivity index (χ2v) is 10.1. The van der Waals surface area contributed by atoms with E-state index < -0.39 is 11.6 Å². The number of halogens is 2. The largest absolute Gasteiger partial charge is 0.490 e. The molecule has 0 aromatic heterocycles. The summed E-state index contributed by atoms with van der Waals surface area (Å²) in [6.45, 7) is 4.55. The summed E-state index contributed by atoms with van der Waals surface area (Å²) in [5.74, 6) is -0.563. The van der Waals surface area contributed by atoms with Crippen LogP contribution in [0.5, 0.6) is 5.75 Å². The number of rotatable bonds is 10. The van der Waals surface area contributed by atoms with Crippen LogP contribution in [-0.2, 0) is 6.42 Å². The van der Waals surface area contributed by atoms with Crippen LogP contribution >= 0.6 is 0 Å². The van der Waals surface area contributed by atoms with Crippen molar-refractivity contribution in [3.05, 3.63) is 101 Å². The zero-order valence-corrected chi connectivity index (χ0v) is 21.6. The molecule has 0 aliphatic heterocycles. The van der Waals surface area contributed by atoms with Crippen molar-refractivity contribution < 1.29 is 13.5 Å². The molecule has 190 valence electrons. The topological polar surface area (TPSA) is 9.23 Å². The molecule has 3 heteroatoms. The molecular formula is C33H38F2O. The molecule has 0 N–H and O–H groups in total. The second kappa shape index (κ2) is 12.9. The van der Waals surface area contributed by atoms with Gasteiger partial charge in [0.2, 0.25) is 5.82 Å². The Morgan fingerprint density at radius 1 is 0.861 bits per heavy atom. The molecule has 0 saturated heterocycles. The summed E-state index contributed by atoms with van der Waals surface area (Å²) < 4.78 is 34.6. The van der Waals surface area contributed by atoms with Crippen molar-refractivity contribution in [1.82, 2.24) is 0 Å². The van der Waals surface area contributed by atoms with E-state index in [2.05, 4.69) is 55.5 Å². The molecule has 4 rings (SSSR count). The van der Waals surface area contributed by atoms with E-state index in [1.165, 1.54) is 48.4 Å². The number of allylic oxidation sites excluding steroid dienone is 2. The molecule has 0 spiro atoms. The van der Waals surface area contributed by atoms with Crippen LogP contribution in [0.3, 0.4) is 0 Å². The molecule has 1 nitrogen and oxygen atoms in total. The maximum absolute atomic E-state index is 14.7. The van der Waals surface area contributed by atoms with E-state index in [4.69, 9.17) is 4.74 Å². The summed E-state index contributed by atoms with van der Waals surface area (Å²) >= 11 is 0. The van der Waals surface area contributed by atoms with Gasteiger partial charge in [-0.2, -0.15) is 4.39 Å². The molecule has 1 saturated carbocycles. The van der Waals surface area contributed by atoms with Gasteiger partial charge >= 0.3 is 0 Å². The summed E-state index contributed by atoms with van der Waals surface area (Å²) in [4.78, 5) is 0. The number of aryl methyl sites for hydroxylation is 2. The third-order valence-electron chi connectivity index (χ3n) is 7.40. The van der Waals surface area contributed by atoms with E-state index in [1.54, 1.807) is 6.07 Å². The molecule has 1 aliphatic carbocycles. The lowest BCUT2D eigenvalue weighted by atomic mass is 9.78. The standard InChI is InChI=1S/C33H38F2O/c1-3-4-23-36-31-22-21-30(32(34)33(31)35)29-19-17-28(18-20-29)27-15-13-26(14-16-27)8-6-5-7-25-11-9-24(2)10-12-25/h6,8-12,17-22,26-27H,3-5,7,13-16,23H2,1-2H3/b8-6+. The van der Waals surface area contributed by atoms with Crippen LogP contribution in [0.25, 0.3) is 11.1 Å². The predicted molar refractivity (Wildman–Crippen MR) is 146 cm³/mol. The normalized spacial score (nSPS) is 18.0.